The molecule has 0 aromatic heterocycles. The van der Waals surface area contributed by atoms with Gasteiger partial charge in [-0.2, -0.15) is 0 Å². The molecule has 13 heavy (non-hydrogen) atoms. The zero-order chi connectivity index (χ0) is 9.42. The van der Waals surface area contributed by atoms with Gasteiger partial charge in [0.15, 0.2) is 0 Å². The number of halogens is 1. The largest absolute Gasteiger partial charge is 0.269 e. The maximum atomic E-state index is 11.5. The van der Waals surface area contributed by atoms with E-state index in [1.807, 2.05) is 0 Å². The predicted octanol–water partition coefficient (Wildman–Crippen LogP) is 1.48. The summed E-state index contributed by atoms with van der Waals surface area (Å²) in [6.07, 6.45) is 0. The monoisotopic (exact) mass is 196 g/mol. The van der Waals surface area contributed by atoms with E-state index >= 15 is 0 Å². The Morgan fingerprint density at radius 1 is 1.08 bits per heavy atom. The number of fused-ring (bicyclic) bond motifs is 1. The lowest BCUT2D eigenvalue weighted by atomic mass is 10.1. The van der Waals surface area contributed by atoms with Crippen LogP contribution in [0.1, 0.15) is 20.7 Å². The van der Waals surface area contributed by atoms with Gasteiger partial charge in [-0.25, -0.2) is 0 Å². The minimum absolute atomic E-state index is 0.0909. The van der Waals surface area contributed by atoms with Gasteiger partial charge in [0.25, 0.3) is 11.8 Å². The van der Waals surface area contributed by atoms with E-state index in [0.29, 0.717) is 11.1 Å². The fraction of sp³-hybridized carbons (Fsp3) is 0.111. The molecular formula is C9H6ClNO2. The van der Waals surface area contributed by atoms with Gasteiger partial charge in [0.2, 0.25) is 0 Å². The maximum absolute atomic E-state index is 11.5. The Bertz CT molecular complexity index is 354. The summed E-state index contributed by atoms with van der Waals surface area (Å²) in [7, 11) is 0. The van der Waals surface area contributed by atoms with Crippen molar-refractivity contribution in [2.75, 3.05) is 6.00 Å². The lowest BCUT2D eigenvalue weighted by molar-refractivity contribution is 0.0682. The van der Waals surface area contributed by atoms with E-state index in [1.165, 1.54) is 0 Å². The third-order valence-corrected chi connectivity index (χ3v) is 2.24. The third-order valence-electron chi connectivity index (χ3n) is 2.00. The molecule has 0 saturated heterocycles. The van der Waals surface area contributed by atoms with Gasteiger partial charge in [-0.15, -0.1) is 11.6 Å². The second-order valence-corrected chi connectivity index (χ2v) is 2.94. The zero-order valence-corrected chi connectivity index (χ0v) is 7.41. The van der Waals surface area contributed by atoms with Crippen LogP contribution >= 0.6 is 11.6 Å². The van der Waals surface area contributed by atoms with Crippen molar-refractivity contribution in [2.24, 2.45) is 0 Å². The van der Waals surface area contributed by atoms with Crippen LogP contribution in [0.25, 0.3) is 0 Å². The highest BCUT2D eigenvalue weighted by molar-refractivity contribution is 6.27. The van der Waals surface area contributed by atoms with E-state index in [9.17, 15) is 9.59 Å². The van der Waals surface area contributed by atoms with Crippen LogP contribution in [0.3, 0.4) is 0 Å². The summed E-state index contributed by atoms with van der Waals surface area (Å²) in [5, 5.41) is 0. The van der Waals surface area contributed by atoms with Gasteiger partial charge in [0, 0.05) is 0 Å². The number of rotatable bonds is 1. The fourth-order valence-electron chi connectivity index (χ4n) is 1.35. The van der Waals surface area contributed by atoms with Crippen molar-refractivity contribution in [3.63, 3.8) is 0 Å². The summed E-state index contributed by atoms with van der Waals surface area (Å²) in [5.74, 6) is -0.619. The number of amides is 2. The molecule has 4 heteroatoms. The van der Waals surface area contributed by atoms with Crippen LogP contribution in [0, 0.1) is 0 Å². The number of imide groups is 1. The first-order valence-corrected chi connectivity index (χ1v) is 4.30. The van der Waals surface area contributed by atoms with Gasteiger partial charge in [-0.1, -0.05) is 12.1 Å². The van der Waals surface area contributed by atoms with Crippen molar-refractivity contribution < 1.29 is 9.59 Å². The minimum atomic E-state index is -0.310. The van der Waals surface area contributed by atoms with E-state index in [-0.39, 0.29) is 17.8 Å². The molecule has 0 N–H and O–H groups in total. The molecular weight excluding hydrogens is 191 g/mol. The van der Waals surface area contributed by atoms with E-state index in [1.54, 1.807) is 24.3 Å². The molecule has 1 aromatic rings. The Morgan fingerprint density at radius 3 is 1.92 bits per heavy atom. The van der Waals surface area contributed by atoms with E-state index in [4.69, 9.17) is 11.6 Å². The van der Waals surface area contributed by atoms with Gasteiger partial charge < -0.3 is 0 Å². The van der Waals surface area contributed by atoms with Crippen molar-refractivity contribution in [1.29, 1.82) is 0 Å². The first-order chi connectivity index (χ1) is 6.25. The molecule has 0 saturated carbocycles. The van der Waals surface area contributed by atoms with Gasteiger partial charge in [0.1, 0.15) is 6.00 Å². The Balaban J connectivity index is 2.57. The number of carbonyl (C=O) groups is 2. The summed E-state index contributed by atoms with van der Waals surface area (Å²) in [4.78, 5) is 23.9. The lowest BCUT2D eigenvalue weighted by Crippen LogP contribution is -2.28. The van der Waals surface area contributed by atoms with E-state index in [2.05, 4.69) is 0 Å². The van der Waals surface area contributed by atoms with Crippen LogP contribution in [0.15, 0.2) is 24.3 Å². The molecule has 0 aliphatic carbocycles. The first kappa shape index (κ1) is 8.26. The van der Waals surface area contributed by atoms with Gasteiger partial charge >= 0.3 is 0 Å². The maximum Gasteiger partial charge on any atom is 0.262 e. The summed E-state index contributed by atoms with van der Waals surface area (Å²) < 4.78 is 0. The van der Waals surface area contributed by atoms with Crippen molar-refractivity contribution in [1.82, 2.24) is 4.90 Å². The Labute approximate surface area is 79.9 Å². The summed E-state index contributed by atoms with van der Waals surface area (Å²) in [5.41, 5.74) is 0.876. The lowest BCUT2D eigenvalue weighted by Gasteiger charge is -2.07. The van der Waals surface area contributed by atoms with Crippen molar-refractivity contribution in [2.45, 2.75) is 0 Å². The van der Waals surface area contributed by atoms with Crippen LogP contribution in [-0.2, 0) is 0 Å². The molecule has 2 rings (SSSR count). The molecule has 1 aliphatic heterocycles. The van der Waals surface area contributed by atoms with Crippen LogP contribution in [0.4, 0.5) is 0 Å². The van der Waals surface area contributed by atoms with Crippen molar-refractivity contribution in [3.8, 4) is 0 Å². The molecule has 3 nitrogen and oxygen atoms in total. The Hall–Kier alpha value is -1.35. The number of carbonyl (C=O) groups excluding carboxylic acids is 2. The quantitative estimate of drug-likeness (QED) is 0.295. The average Bonchev–Trinajstić information content (AvgIpc) is 2.41. The minimum Gasteiger partial charge on any atom is -0.269 e. The number of alkyl halides is 1. The van der Waals surface area contributed by atoms with Gasteiger partial charge in [-0.05, 0) is 12.1 Å². The first-order valence-electron chi connectivity index (χ1n) is 3.77. The molecule has 1 aliphatic rings. The SMILES string of the molecule is O=C1c2ccccc2C(=O)N1[13CH2]Cl. The van der Waals surface area contributed by atoms with Crippen LogP contribution in [-0.4, -0.2) is 22.7 Å². The smallest absolute Gasteiger partial charge is 0.262 e. The molecule has 0 bridgehead atoms. The summed E-state index contributed by atoms with van der Waals surface area (Å²) >= 11 is 5.47. The van der Waals surface area contributed by atoms with E-state index < -0.39 is 0 Å². The Kier molecular flexibility index (Phi) is 1.81. The number of nitrogens with zero attached hydrogens (tertiary/aromatic N) is 1. The molecule has 0 fully saturated rings. The predicted molar refractivity (Wildman–Crippen MR) is 47.7 cm³/mol. The zero-order valence-electron chi connectivity index (χ0n) is 6.66. The molecule has 0 radical (unpaired) electrons. The van der Waals surface area contributed by atoms with Crippen LogP contribution in [0.2, 0.25) is 0 Å². The van der Waals surface area contributed by atoms with Crippen molar-refractivity contribution in [3.05, 3.63) is 35.4 Å². The highest BCUT2D eigenvalue weighted by Gasteiger charge is 2.34. The van der Waals surface area contributed by atoms with Crippen LogP contribution in [0.5, 0.6) is 0 Å². The molecule has 2 amide bonds. The number of benzene rings is 1. The van der Waals surface area contributed by atoms with Gasteiger partial charge in [-0.3, -0.25) is 14.5 Å². The molecule has 0 atom stereocenters. The van der Waals surface area contributed by atoms with Crippen LogP contribution < -0.4 is 0 Å². The normalized spacial score (nSPS) is 15.0. The number of hydrogen-bond donors (Lipinski definition) is 0. The topological polar surface area (TPSA) is 37.4 Å². The third kappa shape index (κ3) is 1.04. The number of hydrogen-bond acceptors (Lipinski definition) is 2. The molecule has 1 aromatic carbocycles. The molecule has 66 valence electrons. The fourth-order valence-corrected chi connectivity index (χ4v) is 1.56. The summed E-state index contributed by atoms with van der Waals surface area (Å²) in [6.45, 7) is 0. The average molecular weight is 197 g/mol. The highest BCUT2D eigenvalue weighted by atomic mass is 35.5. The van der Waals surface area contributed by atoms with E-state index in [0.717, 1.165) is 4.90 Å². The molecule has 1 heterocycles. The molecule has 0 unspecified atom stereocenters. The Morgan fingerprint density at radius 2 is 1.54 bits per heavy atom. The second-order valence-electron chi connectivity index (χ2n) is 2.70. The highest BCUT2D eigenvalue weighted by Crippen LogP contribution is 2.22. The molecule has 0 spiro atoms. The standard InChI is InChI=1S/C9H6ClNO2/c10-5-11-8(12)6-3-1-2-4-7(6)9(11)13/h1-4H,5H2/i5+1. The van der Waals surface area contributed by atoms with Gasteiger partial charge in [0.05, 0.1) is 11.1 Å². The summed E-state index contributed by atoms with van der Waals surface area (Å²) in [6, 6.07) is 6.61. The van der Waals surface area contributed by atoms with Crippen molar-refractivity contribution >= 4 is 23.4 Å². The second kappa shape index (κ2) is 2.85.